The van der Waals surface area contributed by atoms with Gasteiger partial charge in [0.1, 0.15) is 0 Å². The third-order valence-electron chi connectivity index (χ3n) is 4.86. The molecule has 32 heavy (non-hydrogen) atoms. The molecule has 0 saturated carbocycles. The van der Waals surface area contributed by atoms with E-state index in [-0.39, 0.29) is 16.5 Å². The van der Waals surface area contributed by atoms with Crippen LogP contribution in [0.2, 0.25) is 0 Å². The minimum absolute atomic E-state index is 0.0384. The number of sulfonamides is 1. The van der Waals surface area contributed by atoms with Gasteiger partial charge in [-0.25, -0.2) is 13.2 Å². The molecule has 3 aromatic carbocycles. The van der Waals surface area contributed by atoms with E-state index >= 15 is 0 Å². The van der Waals surface area contributed by atoms with Gasteiger partial charge in [0.25, 0.3) is 15.9 Å². The minimum atomic E-state index is -3.88. The SMILES string of the molecule is C[C@H](NC(=O)COC(=O)c1cccc(S(=O)(=O)N(C)c2ccccc2)c1)c1ccccc1. The van der Waals surface area contributed by atoms with E-state index in [1.165, 1.54) is 31.3 Å². The number of carbonyl (C=O) groups excluding carboxylic acids is 2. The lowest BCUT2D eigenvalue weighted by atomic mass is 10.1. The van der Waals surface area contributed by atoms with Crippen molar-refractivity contribution in [1.82, 2.24) is 5.32 Å². The second-order valence-corrected chi connectivity index (χ2v) is 9.08. The van der Waals surface area contributed by atoms with Gasteiger partial charge in [-0.3, -0.25) is 9.10 Å². The van der Waals surface area contributed by atoms with E-state index in [2.05, 4.69) is 5.32 Å². The van der Waals surface area contributed by atoms with Crippen LogP contribution in [0, 0.1) is 0 Å². The molecule has 1 amide bonds. The summed E-state index contributed by atoms with van der Waals surface area (Å²) in [6.45, 7) is 1.35. The molecule has 0 aliphatic heterocycles. The van der Waals surface area contributed by atoms with E-state index in [1.54, 1.807) is 30.3 Å². The summed E-state index contributed by atoms with van der Waals surface area (Å²) >= 11 is 0. The maximum absolute atomic E-state index is 12.9. The molecular formula is C24H24N2O5S. The minimum Gasteiger partial charge on any atom is -0.452 e. The molecule has 3 rings (SSSR count). The number of anilines is 1. The normalized spacial score (nSPS) is 11.9. The Morgan fingerprint density at radius 3 is 2.22 bits per heavy atom. The van der Waals surface area contributed by atoms with Crippen molar-refractivity contribution in [2.45, 2.75) is 17.9 Å². The molecule has 1 atom stereocenters. The third kappa shape index (κ3) is 5.53. The van der Waals surface area contributed by atoms with Crippen LogP contribution in [-0.4, -0.2) is 33.9 Å². The number of para-hydroxylation sites is 1. The predicted octanol–water partition coefficient (Wildman–Crippen LogP) is 3.55. The molecule has 0 spiro atoms. The Morgan fingerprint density at radius 1 is 0.938 bits per heavy atom. The number of hydrogen-bond donors (Lipinski definition) is 1. The van der Waals surface area contributed by atoms with Crippen molar-refractivity contribution < 1.29 is 22.7 Å². The van der Waals surface area contributed by atoms with E-state index in [1.807, 2.05) is 37.3 Å². The van der Waals surface area contributed by atoms with Gasteiger partial charge >= 0.3 is 5.97 Å². The molecule has 0 aliphatic carbocycles. The Hall–Kier alpha value is -3.65. The number of ether oxygens (including phenoxy) is 1. The van der Waals surface area contributed by atoms with Gasteiger partial charge in [0, 0.05) is 7.05 Å². The van der Waals surface area contributed by atoms with Crippen LogP contribution >= 0.6 is 0 Å². The Balaban J connectivity index is 1.64. The zero-order valence-corrected chi connectivity index (χ0v) is 18.6. The highest BCUT2D eigenvalue weighted by molar-refractivity contribution is 7.92. The molecule has 8 heteroatoms. The molecule has 166 valence electrons. The Bertz CT molecular complexity index is 1180. The molecule has 0 aliphatic rings. The van der Waals surface area contributed by atoms with Gasteiger partial charge in [0.05, 0.1) is 22.2 Å². The predicted molar refractivity (Wildman–Crippen MR) is 122 cm³/mol. The molecule has 0 aromatic heterocycles. The van der Waals surface area contributed by atoms with Gasteiger partial charge in [-0.2, -0.15) is 0 Å². The van der Waals surface area contributed by atoms with Crippen LogP contribution in [0.5, 0.6) is 0 Å². The van der Waals surface area contributed by atoms with E-state index < -0.39 is 28.5 Å². The first-order valence-electron chi connectivity index (χ1n) is 9.94. The van der Waals surface area contributed by atoms with Crippen LogP contribution < -0.4 is 9.62 Å². The molecule has 0 bridgehead atoms. The van der Waals surface area contributed by atoms with Gasteiger partial charge in [0.15, 0.2) is 6.61 Å². The number of carbonyl (C=O) groups is 2. The van der Waals surface area contributed by atoms with Crippen LogP contribution in [0.25, 0.3) is 0 Å². The highest BCUT2D eigenvalue weighted by Gasteiger charge is 2.23. The topological polar surface area (TPSA) is 92.8 Å². The average molecular weight is 453 g/mol. The number of amides is 1. The molecular weight excluding hydrogens is 428 g/mol. The van der Waals surface area contributed by atoms with Crippen molar-refractivity contribution in [2.24, 2.45) is 0 Å². The molecule has 1 N–H and O–H groups in total. The molecule has 0 heterocycles. The highest BCUT2D eigenvalue weighted by Crippen LogP contribution is 2.22. The molecule has 0 radical (unpaired) electrons. The van der Waals surface area contributed by atoms with Crippen LogP contribution in [0.4, 0.5) is 5.69 Å². The first-order valence-corrected chi connectivity index (χ1v) is 11.4. The quantitative estimate of drug-likeness (QED) is 0.528. The summed E-state index contributed by atoms with van der Waals surface area (Å²) < 4.78 is 32.1. The summed E-state index contributed by atoms with van der Waals surface area (Å²) in [7, 11) is -2.44. The first-order chi connectivity index (χ1) is 15.3. The number of rotatable bonds is 8. The van der Waals surface area contributed by atoms with Crippen molar-refractivity contribution in [2.75, 3.05) is 18.0 Å². The number of nitrogens with one attached hydrogen (secondary N) is 1. The van der Waals surface area contributed by atoms with Crippen LogP contribution in [0.1, 0.15) is 28.9 Å². The Labute approximate surface area is 187 Å². The fourth-order valence-corrected chi connectivity index (χ4v) is 4.28. The smallest absolute Gasteiger partial charge is 0.338 e. The van der Waals surface area contributed by atoms with E-state index in [4.69, 9.17) is 4.74 Å². The van der Waals surface area contributed by atoms with Gasteiger partial charge < -0.3 is 10.1 Å². The fourth-order valence-electron chi connectivity index (χ4n) is 3.04. The summed E-state index contributed by atoms with van der Waals surface area (Å²) in [6.07, 6.45) is 0. The molecule has 3 aromatic rings. The second-order valence-electron chi connectivity index (χ2n) is 7.11. The van der Waals surface area contributed by atoms with Crippen molar-refractivity contribution >= 4 is 27.6 Å². The van der Waals surface area contributed by atoms with Gasteiger partial charge in [0.2, 0.25) is 0 Å². The van der Waals surface area contributed by atoms with Crippen molar-refractivity contribution in [1.29, 1.82) is 0 Å². The monoisotopic (exact) mass is 452 g/mol. The average Bonchev–Trinajstić information content (AvgIpc) is 2.83. The maximum atomic E-state index is 12.9. The van der Waals surface area contributed by atoms with Crippen LogP contribution in [-0.2, 0) is 19.6 Å². The van der Waals surface area contributed by atoms with Crippen molar-refractivity contribution in [3.8, 4) is 0 Å². The number of benzene rings is 3. The second kappa shape index (κ2) is 10.1. The molecule has 0 saturated heterocycles. The Kier molecular flexibility index (Phi) is 7.27. The standard InChI is InChI=1S/C24H24N2O5S/c1-18(19-10-5-3-6-11-19)25-23(27)17-31-24(28)20-12-9-15-22(16-20)32(29,30)26(2)21-13-7-4-8-14-21/h3-16,18H,17H2,1-2H3,(H,25,27)/t18-/m0/s1. The largest absolute Gasteiger partial charge is 0.452 e. The summed E-state index contributed by atoms with van der Waals surface area (Å²) in [5.74, 6) is -1.24. The van der Waals surface area contributed by atoms with Crippen molar-refractivity contribution in [3.63, 3.8) is 0 Å². The van der Waals surface area contributed by atoms with Crippen molar-refractivity contribution in [3.05, 3.63) is 96.1 Å². The van der Waals surface area contributed by atoms with Gasteiger partial charge in [-0.1, -0.05) is 54.6 Å². The van der Waals surface area contributed by atoms with Gasteiger partial charge in [-0.15, -0.1) is 0 Å². The zero-order chi connectivity index (χ0) is 23.1. The van der Waals surface area contributed by atoms with Gasteiger partial charge in [-0.05, 0) is 42.8 Å². The lowest BCUT2D eigenvalue weighted by molar-refractivity contribution is -0.124. The first kappa shape index (κ1) is 23.0. The zero-order valence-electron chi connectivity index (χ0n) is 17.8. The molecule has 7 nitrogen and oxygen atoms in total. The third-order valence-corrected chi connectivity index (χ3v) is 6.64. The number of esters is 1. The lowest BCUT2D eigenvalue weighted by Crippen LogP contribution is -2.31. The lowest BCUT2D eigenvalue weighted by Gasteiger charge is -2.19. The summed E-state index contributed by atoms with van der Waals surface area (Å²) in [6, 6.07) is 23.3. The number of nitrogens with zero attached hydrogens (tertiary/aromatic N) is 1. The van der Waals surface area contributed by atoms with E-state index in [0.717, 1.165) is 9.87 Å². The van der Waals surface area contributed by atoms with Crippen LogP contribution in [0.3, 0.4) is 0 Å². The van der Waals surface area contributed by atoms with Crippen LogP contribution in [0.15, 0.2) is 89.8 Å². The Morgan fingerprint density at radius 2 is 1.56 bits per heavy atom. The summed E-state index contributed by atoms with van der Waals surface area (Å²) in [4.78, 5) is 24.5. The van der Waals surface area contributed by atoms with E-state index in [0.29, 0.717) is 5.69 Å². The number of hydrogen-bond acceptors (Lipinski definition) is 5. The molecule has 0 unspecified atom stereocenters. The highest BCUT2D eigenvalue weighted by atomic mass is 32.2. The fraction of sp³-hybridized carbons (Fsp3) is 0.167. The summed E-state index contributed by atoms with van der Waals surface area (Å²) in [5, 5.41) is 2.75. The summed E-state index contributed by atoms with van der Waals surface area (Å²) in [5.41, 5.74) is 1.45. The van der Waals surface area contributed by atoms with E-state index in [9.17, 15) is 18.0 Å². The molecule has 0 fully saturated rings. The maximum Gasteiger partial charge on any atom is 0.338 e.